The minimum absolute atomic E-state index is 0.157. The standard InChI is InChI=1S/C11H10N2O3/c12-11-13-8(6-16-11)7-1-2-9-10(5-7)15-4-3-14-9/h1-2,5-6H,3-4H2,(H2,12,13). The first kappa shape index (κ1) is 9.08. The molecule has 0 unspecified atom stereocenters. The maximum atomic E-state index is 5.48. The van der Waals surface area contributed by atoms with Crippen LogP contribution in [-0.2, 0) is 0 Å². The van der Waals surface area contributed by atoms with Crippen LogP contribution >= 0.6 is 0 Å². The van der Waals surface area contributed by atoms with Crippen molar-refractivity contribution in [3.8, 4) is 22.8 Å². The zero-order valence-corrected chi connectivity index (χ0v) is 8.47. The second-order valence-corrected chi connectivity index (χ2v) is 3.43. The fourth-order valence-electron chi connectivity index (χ4n) is 1.62. The molecule has 0 radical (unpaired) electrons. The third kappa shape index (κ3) is 1.46. The summed E-state index contributed by atoms with van der Waals surface area (Å²) >= 11 is 0. The van der Waals surface area contributed by atoms with Crippen molar-refractivity contribution in [3.63, 3.8) is 0 Å². The van der Waals surface area contributed by atoms with Crippen molar-refractivity contribution in [2.45, 2.75) is 0 Å². The van der Waals surface area contributed by atoms with Crippen molar-refractivity contribution in [1.82, 2.24) is 4.98 Å². The smallest absolute Gasteiger partial charge is 0.292 e. The molecule has 2 N–H and O–H groups in total. The van der Waals surface area contributed by atoms with Crippen LogP contribution in [0.2, 0.25) is 0 Å². The van der Waals surface area contributed by atoms with E-state index in [1.165, 1.54) is 6.26 Å². The van der Waals surface area contributed by atoms with Gasteiger partial charge in [-0.25, -0.2) is 0 Å². The SMILES string of the molecule is Nc1nc(-c2ccc3c(c2)OCCO3)co1. The van der Waals surface area contributed by atoms with E-state index in [0.29, 0.717) is 18.9 Å². The van der Waals surface area contributed by atoms with Crippen molar-refractivity contribution in [2.24, 2.45) is 0 Å². The van der Waals surface area contributed by atoms with Gasteiger partial charge in [0.15, 0.2) is 11.5 Å². The average molecular weight is 218 g/mol. The average Bonchev–Trinajstić information content (AvgIpc) is 2.75. The fraction of sp³-hybridized carbons (Fsp3) is 0.182. The lowest BCUT2D eigenvalue weighted by Gasteiger charge is -2.18. The van der Waals surface area contributed by atoms with Crippen LogP contribution in [0, 0.1) is 0 Å². The molecule has 0 saturated heterocycles. The quantitative estimate of drug-likeness (QED) is 0.788. The third-order valence-electron chi connectivity index (χ3n) is 2.36. The van der Waals surface area contributed by atoms with E-state index in [4.69, 9.17) is 19.6 Å². The number of nitrogens with two attached hydrogens (primary N) is 1. The van der Waals surface area contributed by atoms with Crippen LogP contribution in [0.5, 0.6) is 11.5 Å². The van der Waals surface area contributed by atoms with E-state index in [-0.39, 0.29) is 6.01 Å². The summed E-state index contributed by atoms with van der Waals surface area (Å²) < 4.78 is 15.9. The molecule has 0 bridgehead atoms. The maximum Gasteiger partial charge on any atom is 0.292 e. The molecule has 3 rings (SSSR count). The number of fused-ring (bicyclic) bond motifs is 1. The van der Waals surface area contributed by atoms with Gasteiger partial charge in [-0.3, -0.25) is 0 Å². The summed E-state index contributed by atoms with van der Waals surface area (Å²) in [4.78, 5) is 4.04. The van der Waals surface area contributed by atoms with Gasteiger partial charge < -0.3 is 19.6 Å². The summed E-state index contributed by atoms with van der Waals surface area (Å²) in [5, 5.41) is 0. The molecule has 2 aromatic rings. The number of nitrogen functional groups attached to an aromatic ring is 1. The van der Waals surface area contributed by atoms with Crippen LogP contribution in [0.1, 0.15) is 0 Å². The number of anilines is 1. The number of hydrogen-bond acceptors (Lipinski definition) is 5. The van der Waals surface area contributed by atoms with Crippen LogP contribution in [0.3, 0.4) is 0 Å². The normalized spacial score (nSPS) is 13.8. The zero-order chi connectivity index (χ0) is 11.0. The highest BCUT2D eigenvalue weighted by molar-refractivity contribution is 5.64. The summed E-state index contributed by atoms with van der Waals surface area (Å²) in [7, 11) is 0. The number of hydrogen-bond donors (Lipinski definition) is 1. The zero-order valence-electron chi connectivity index (χ0n) is 8.47. The molecule has 1 aromatic heterocycles. The molecule has 82 valence electrons. The first-order valence-electron chi connectivity index (χ1n) is 4.94. The molecule has 0 saturated carbocycles. The van der Waals surface area contributed by atoms with E-state index in [2.05, 4.69) is 4.98 Å². The summed E-state index contributed by atoms with van der Waals surface area (Å²) in [6.45, 7) is 1.15. The number of oxazole rings is 1. The Kier molecular flexibility index (Phi) is 1.96. The van der Waals surface area contributed by atoms with Gasteiger partial charge in [-0.2, -0.15) is 4.98 Å². The monoisotopic (exact) mass is 218 g/mol. The lowest BCUT2D eigenvalue weighted by Crippen LogP contribution is -2.15. The highest BCUT2D eigenvalue weighted by atomic mass is 16.6. The van der Waals surface area contributed by atoms with E-state index in [9.17, 15) is 0 Å². The summed E-state index contributed by atoms with van der Waals surface area (Å²) in [6.07, 6.45) is 1.51. The molecule has 0 fully saturated rings. The molecule has 2 heterocycles. The van der Waals surface area contributed by atoms with Gasteiger partial charge in [0.25, 0.3) is 6.01 Å². The first-order valence-corrected chi connectivity index (χ1v) is 4.94. The van der Waals surface area contributed by atoms with Crippen molar-refractivity contribution >= 4 is 6.01 Å². The van der Waals surface area contributed by atoms with Gasteiger partial charge in [-0.15, -0.1) is 0 Å². The Bertz CT molecular complexity index is 522. The molecule has 5 nitrogen and oxygen atoms in total. The second-order valence-electron chi connectivity index (χ2n) is 3.43. The summed E-state index contributed by atoms with van der Waals surface area (Å²) in [6, 6.07) is 5.77. The van der Waals surface area contributed by atoms with Crippen LogP contribution < -0.4 is 15.2 Å². The molecule has 0 atom stereocenters. The van der Waals surface area contributed by atoms with Gasteiger partial charge in [0.2, 0.25) is 0 Å². The van der Waals surface area contributed by atoms with Crippen molar-refractivity contribution in [2.75, 3.05) is 18.9 Å². The molecule has 1 aliphatic heterocycles. The van der Waals surface area contributed by atoms with Gasteiger partial charge in [-0.1, -0.05) is 0 Å². The van der Waals surface area contributed by atoms with Gasteiger partial charge in [0.1, 0.15) is 25.2 Å². The molecule has 0 spiro atoms. The van der Waals surface area contributed by atoms with Crippen LogP contribution in [-0.4, -0.2) is 18.2 Å². The van der Waals surface area contributed by atoms with Gasteiger partial charge >= 0.3 is 0 Å². The van der Waals surface area contributed by atoms with E-state index < -0.39 is 0 Å². The fourth-order valence-corrected chi connectivity index (χ4v) is 1.62. The van der Waals surface area contributed by atoms with Gasteiger partial charge in [0, 0.05) is 5.56 Å². The molecule has 0 aliphatic carbocycles. The summed E-state index contributed by atoms with van der Waals surface area (Å²) in [5.74, 6) is 1.48. The first-order chi connectivity index (χ1) is 7.83. The molecule has 5 heteroatoms. The second kappa shape index (κ2) is 3.44. The van der Waals surface area contributed by atoms with E-state index in [1.54, 1.807) is 0 Å². The topological polar surface area (TPSA) is 70.5 Å². The number of aromatic nitrogens is 1. The third-order valence-corrected chi connectivity index (χ3v) is 2.36. The van der Waals surface area contributed by atoms with E-state index in [0.717, 1.165) is 17.1 Å². The lowest BCUT2D eigenvalue weighted by molar-refractivity contribution is 0.171. The maximum absolute atomic E-state index is 5.48. The molecular formula is C11H10N2O3. The number of rotatable bonds is 1. The van der Waals surface area contributed by atoms with Gasteiger partial charge in [-0.05, 0) is 18.2 Å². The Balaban J connectivity index is 2.02. The van der Waals surface area contributed by atoms with Crippen molar-refractivity contribution in [1.29, 1.82) is 0 Å². The highest BCUT2D eigenvalue weighted by Crippen LogP contribution is 2.34. The Labute approximate surface area is 91.8 Å². The molecule has 1 aromatic carbocycles. The Hall–Kier alpha value is -2.17. The predicted molar refractivity (Wildman–Crippen MR) is 57.3 cm³/mol. The van der Waals surface area contributed by atoms with Crippen LogP contribution in [0.4, 0.5) is 6.01 Å². The molecular weight excluding hydrogens is 208 g/mol. The van der Waals surface area contributed by atoms with E-state index in [1.807, 2.05) is 18.2 Å². The Morgan fingerprint density at radius 2 is 1.94 bits per heavy atom. The summed E-state index contributed by atoms with van der Waals surface area (Å²) in [5.41, 5.74) is 7.00. The highest BCUT2D eigenvalue weighted by Gasteiger charge is 2.13. The van der Waals surface area contributed by atoms with Crippen molar-refractivity contribution in [3.05, 3.63) is 24.5 Å². The number of benzene rings is 1. The van der Waals surface area contributed by atoms with Crippen molar-refractivity contribution < 1.29 is 13.9 Å². The van der Waals surface area contributed by atoms with E-state index >= 15 is 0 Å². The molecule has 16 heavy (non-hydrogen) atoms. The lowest BCUT2D eigenvalue weighted by atomic mass is 10.1. The minimum atomic E-state index is 0.157. The number of nitrogens with zero attached hydrogens (tertiary/aromatic N) is 1. The van der Waals surface area contributed by atoms with Gasteiger partial charge in [0.05, 0.1) is 0 Å². The Morgan fingerprint density at radius 3 is 2.69 bits per heavy atom. The van der Waals surface area contributed by atoms with Crippen LogP contribution in [0.15, 0.2) is 28.9 Å². The molecule has 0 amide bonds. The van der Waals surface area contributed by atoms with Crippen LogP contribution in [0.25, 0.3) is 11.3 Å². The number of ether oxygens (including phenoxy) is 2. The minimum Gasteiger partial charge on any atom is -0.486 e. The molecule has 1 aliphatic rings. The predicted octanol–water partition coefficient (Wildman–Crippen LogP) is 1.69. The largest absolute Gasteiger partial charge is 0.486 e. The Morgan fingerprint density at radius 1 is 1.12 bits per heavy atom.